The van der Waals surface area contributed by atoms with E-state index in [-0.39, 0.29) is 12.6 Å². The van der Waals surface area contributed by atoms with Gasteiger partial charge in [0.1, 0.15) is 11.6 Å². The monoisotopic (exact) mass is 349 g/mol. The van der Waals surface area contributed by atoms with E-state index >= 15 is 0 Å². The van der Waals surface area contributed by atoms with Gasteiger partial charge in [-0.1, -0.05) is 0 Å². The summed E-state index contributed by atoms with van der Waals surface area (Å²) in [5, 5.41) is 2.52. The lowest BCUT2D eigenvalue weighted by atomic mass is 10.2. The molecule has 0 heterocycles. The summed E-state index contributed by atoms with van der Waals surface area (Å²) < 4.78 is 14.6. The van der Waals surface area contributed by atoms with E-state index in [0.29, 0.717) is 24.3 Å². The number of amides is 1. The molecule has 0 aromatic carbocycles. The fraction of sp³-hybridized carbons (Fsp3) is 0.800. The van der Waals surface area contributed by atoms with E-state index in [9.17, 15) is 14.4 Å². The number of nitrogens with one attached hydrogen (secondary N) is 1. The van der Waals surface area contributed by atoms with Crippen LogP contribution in [0.3, 0.4) is 0 Å². The summed E-state index contributed by atoms with van der Waals surface area (Å²) in [6, 6.07) is -0.784. The Balaban J connectivity index is 4.33. The average Bonchev–Trinajstić information content (AvgIpc) is 2.43. The maximum absolute atomic E-state index is 11.9. The minimum absolute atomic E-state index is 0.234. The van der Waals surface area contributed by atoms with Gasteiger partial charge in [0.25, 0.3) is 0 Å². The molecule has 7 nitrogen and oxygen atoms in total. The van der Waals surface area contributed by atoms with Crippen molar-refractivity contribution < 1.29 is 28.6 Å². The molecule has 0 aromatic heterocycles. The number of rotatable bonds is 9. The second kappa shape index (κ2) is 11.2. The zero-order valence-electron chi connectivity index (χ0n) is 14.5. The Hall–Kier alpha value is -1.44. The molecule has 0 fully saturated rings. The Bertz CT molecular complexity index is 394. The predicted octanol–water partition coefficient (Wildman–Crippen LogP) is 2.13. The van der Waals surface area contributed by atoms with Crippen LogP contribution in [0.5, 0.6) is 0 Å². The molecule has 1 atom stereocenters. The van der Waals surface area contributed by atoms with Crippen LogP contribution >= 0.6 is 11.8 Å². The molecule has 0 rings (SSSR count). The van der Waals surface area contributed by atoms with E-state index < -0.39 is 23.7 Å². The Labute approximate surface area is 141 Å². The van der Waals surface area contributed by atoms with Crippen LogP contribution in [-0.4, -0.2) is 54.9 Å². The molecule has 1 N–H and O–H groups in total. The first kappa shape index (κ1) is 21.6. The summed E-state index contributed by atoms with van der Waals surface area (Å²) in [5.74, 6) is 0.249. The second-order valence-electron chi connectivity index (χ2n) is 5.71. The first-order valence-electron chi connectivity index (χ1n) is 7.50. The number of ether oxygens (including phenoxy) is 3. The fourth-order valence-corrected chi connectivity index (χ4v) is 2.45. The smallest absolute Gasteiger partial charge is 0.408 e. The first-order valence-corrected chi connectivity index (χ1v) is 8.65. The van der Waals surface area contributed by atoms with Crippen LogP contribution in [0, 0.1) is 0 Å². The number of methoxy groups -OCH3 is 1. The minimum Gasteiger partial charge on any atom is -0.469 e. The van der Waals surface area contributed by atoms with E-state index in [1.54, 1.807) is 27.7 Å². The molecule has 1 amide bonds. The van der Waals surface area contributed by atoms with Crippen LogP contribution in [0.15, 0.2) is 0 Å². The van der Waals surface area contributed by atoms with Crippen molar-refractivity contribution in [2.45, 2.75) is 52.2 Å². The second-order valence-corrected chi connectivity index (χ2v) is 6.86. The molecule has 134 valence electrons. The fourth-order valence-electron chi connectivity index (χ4n) is 1.48. The van der Waals surface area contributed by atoms with Gasteiger partial charge >= 0.3 is 18.0 Å². The molecule has 8 heteroatoms. The van der Waals surface area contributed by atoms with Crippen molar-refractivity contribution in [2.24, 2.45) is 0 Å². The zero-order valence-corrected chi connectivity index (χ0v) is 15.3. The van der Waals surface area contributed by atoms with E-state index in [1.807, 2.05) is 0 Å². The van der Waals surface area contributed by atoms with E-state index in [1.165, 1.54) is 18.9 Å². The third-order valence-corrected chi connectivity index (χ3v) is 3.59. The van der Waals surface area contributed by atoms with Gasteiger partial charge < -0.3 is 19.5 Å². The van der Waals surface area contributed by atoms with Crippen LogP contribution in [0.1, 0.15) is 40.5 Å². The van der Waals surface area contributed by atoms with Gasteiger partial charge in [-0.25, -0.2) is 9.59 Å². The third-order valence-electron chi connectivity index (χ3n) is 2.44. The van der Waals surface area contributed by atoms with Crippen molar-refractivity contribution >= 4 is 29.8 Å². The number of carbonyl (C=O) groups is 3. The number of thioether (sulfide) groups is 1. The van der Waals surface area contributed by atoms with Gasteiger partial charge in [-0.2, -0.15) is 11.8 Å². The van der Waals surface area contributed by atoms with Gasteiger partial charge in [0.05, 0.1) is 13.7 Å². The maximum atomic E-state index is 11.9. The highest BCUT2D eigenvalue weighted by molar-refractivity contribution is 7.99. The number of esters is 2. The molecular weight excluding hydrogens is 322 g/mol. The quantitative estimate of drug-likeness (QED) is 0.387. The van der Waals surface area contributed by atoms with Gasteiger partial charge in [-0.15, -0.1) is 0 Å². The van der Waals surface area contributed by atoms with Crippen LogP contribution in [0.25, 0.3) is 0 Å². The number of hydrogen-bond donors (Lipinski definition) is 1. The standard InChI is InChI=1S/C15H27NO6S/c1-6-21-13(18)11(16-14(19)22-15(2,3)4)10-23-9-7-8-12(17)20-5/h11H,6-10H2,1-5H3,(H,16,19)/t11-/m1/s1. The van der Waals surface area contributed by atoms with Crippen molar-refractivity contribution in [3.05, 3.63) is 0 Å². The van der Waals surface area contributed by atoms with Crippen molar-refractivity contribution in [3.63, 3.8) is 0 Å². The summed E-state index contributed by atoms with van der Waals surface area (Å²) in [6.45, 7) is 7.17. The van der Waals surface area contributed by atoms with Crippen molar-refractivity contribution in [1.82, 2.24) is 5.32 Å². The first-order chi connectivity index (χ1) is 10.7. The molecule has 0 bridgehead atoms. The summed E-state index contributed by atoms with van der Waals surface area (Å²) in [6.07, 6.45) is 0.303. The molecule has 0 aromatic rings. The largest absolute Gasteiger partial charge is 0.469 e. The average molecular weight is 349 g/mol. The lowest BCUT2D eigenvalue weighted by molar-refractivity contribution is -0.145. The topological polar surface area (TPSA) is 90.9 Å². The van der Waals surface area contributed by atoms with E-state index in [4.69, 9.17) is 9.47 Å². The molecule has 23 heavy (non-hydrogen) atoms. The molecule has 0 saturated heterocycles. The SMILES string of the molecule is CCOC(=O)[C@@H](CSCCCC(=O)OC)NC(=O)OC(C)(C)C. The number of alkyl carbamates (subject to hydrolysis) is 1. The summed E-state index contributed by atoms with van der Waals surface area (Å²) >= 11 is 1.45. The van der Waals surface area contributed by atoms with Crippen molar-refractivity contribution in [3.8, 4) is 0 Å². The highest BCUT2D eigenvalue weighted by Gasteiger charge is 2.25. The lowest BCUT2D eigenvalue weighted by Gasteiger charge is -2.22. The third kappa shape index (κ3) is 11.7. The Kier molecular flexibility index (Phi) is 10.5. The molecule has 0 radical (unpaired) electrons. The zero-order chi connectivity index (χ0) is 17.9. The van der Waals surface area contributed by atoms with Crippen molar-refractivity contribution in [2.75, 3.05) is 25.2 Å². The molecule has 0 saturated carbocycles. The minimum atomic E-state index is -0.784. The number of hydrogen-bond acceptors (Lipinski definition) is 7. The van der Waals surface area contributed by atoms with Gasteiger partial charge in [0, 0.05) is 12.2 Å². The molecule has 0 unspecified atom stereocenters. The van der Waals surface area contributed by atoms with E-state index in [2.05, 4.69) is 10.1 Å². The molecular formula is C15H27NO6S. The van der Waals surface area contributed by atoms with Gasteiger partial charge in [0.2, 0.25) is 0 Å². The van der Waals surface area contributed by atoms with E-state index in [0.717, 1.165) is 0 Å². The highest BCUT2D eigenvalue weighted by Crippen LogP contribution is 2.11. The summed E-state index contributed by atoms with van der Waals surface area (Å²) in [5.41, 5.74) is -0.642. The molecule has 0 aliphatic heterocycles. The van der Waals surface area contributed by atoms with Crippen molar-refractivity contribution in [1.29, 1.82) is 0 Å². The van der Waals surface area contributed by atoms with Crippen LogP contribution in [0.4, 0.5) is 4.79 Å². The van der Waals surface area contributed by atoms with Crippen LogP contribution < -0.4 is 5.32 Å². The van der Waals surface area contributed by atoms with Gasteiger partial charge in [0.15, 0.2) is 0 Å². The normalized spacial score (nSPS) is 12.2. The molecule has 0 aliphatic rings. The molecule has 0 spiro atoms. The molecule has 0 aliphatic carbocycles. The highest BCUT2D eigenvalue weighted by atomic mass is 32.2. The summed E-state index contributed by atoms with van der Waals surface area (Å²) in [4.78, 5) is 34.7. The van der Waals surface area contributed by atoms with Gasteiger partial charge in [-0.05, 0) is 39.9 Å². The Morgan fingerprint density at radius 2 is 1.87 bits per heavy atom. The maximum Gasteiger partial charge on any atom is 0.408 e. The number of carbonyl (C=O) groups excluding carboxylic acids is 3. The van der Waals surface area contributed by atoms with Gasteiger partial charge in [-0.3, -0.25) is 4.79 Å². The van der Waals surface area contributed by atoms with Crippen LogP contribution in [0.2, 0.25) is 0 Å². The predicted molar refractivity (Wildman–Crippen MR) is 88.4 cm³/mol. The lowest BCUT2D eigenvalue weighted by Crippen LogP contribution is -2.45. The van der Waals surface area contributed by atoms with Crippen LogP contribution in [-0.2, 0) is 23.8 Å². The summed E-state index contributed by atoms with van der Waals surface area (Å²) in [7, 11) is 1.34. The Morgan fingerprint density at radius 1 is 1.22 bits per heavy atom. The Morgan fingerprint density at radius 3 is 2.39 bits per heavy atom.